The molecule has 96 valence electrons. The van der Waals surface area contributed by atoms with Gasteiger partial charge in [0.25, 0.3) is 0 Å². The van der Waals surface area contributed by atoms with Crippen LogP contribution < -0.4 is 5.73 Å². The molecular formula is C15H21N3. The molecule has 0 aliphatic heterocycles. The van der Waals surface area contributed by atoms with E-state index >= 15 is 0 Å². The number of nitrogens with zero attached hydrogens (tertiary/aromatic N) is 2. The third kappa shape index (κ3) is 2.31. The summed E-state index contributed by atoms with van der Waals surface area (Å²) in [5, 5.41) is 0. The molecule has 0 radical (unpaired) electrons. The molecule has 0 aliphatic rings. The lowest BCUT2D eigenvalue weighted by molar-refractivity contribution is 0.590. The van der Waals surface area contributed by atoms with Crippen LogP contribution in [0.25, 0.3) is 11.4 Å². The molecule has 2 N–H and O–H groups in total. The zero-order valence-corrected chi connectivity index (χ0v) is 11.6. The van der Waals surface area contributed by atoms with E-state index < -0.39 is 0 Å². The number of rotatable bonds is 2. The summed E-state index contributed by atoms with van der Waals surface area (Å²) < 4.78 is 2.05. The van der Waals surface area contributed by atoms with Gasteiger partial charge < -0.3 is 10.3 Å². The maximum Gasteiger partial charge on any atom is 0.139 e. The van der Waals surface area contributed by atoms with Gasteiger partial charge >= 0.3 is 0 Å². The van der Waals surface area contributed by atoms with Crippen molar-refractivity contribution in [3.05, 3.63) is 41.7 Å². The SMILES string of the molecule is Cn1c(CN)cnc1-c1ccc(C(C)(C)C)cc1. The Bertz CT molecular complexity index is 530. The number of imidazole rings is 1. The zero-order valence-electron chi connectivity index (χ0n) is 11.6. The Morgan fingerprint density at radius 3 is 2.22 bits per heavy atom. The van der Waals surface area contributed by atoms with Crippen LogP contribution in [-0.2, 0) is 19.0 Å². The molecule has 0 aliphatic carbocycles. The number of benzene rings is 1. The average molecular weight is 243 g/mol. The van der Waals surface area contributed by atoms with Crippen LogP contribution in [0.2, 0.25) is 0 Å². The van der Waals surface area contributed by atoms with Crippen LogP contribution in [0, 0.1) is 0 Å². The van der Waals surface area contributed by atoms with E-state index in [-0.39, 0.29) is 5.41 Å². The number of nitrogens with two attached hydrogens (primary N) is 1. The molecule has 0 amide bonds. The molecule has 2 rings (SSSR count). The number of hydrogen-bond donors (Lipinski definition) is 1. The summed E-state index contributed by atoms with van der Waals surface area (Å²) in [5.41, 5.74) is 9.35. The standard InChI is InChI=1S/C15H21N3/c1-15(2,3)12-7-5-11(6-8-12)14-17-10-13(9-16)18(14)4/h5-8,10H,9,16H2,1-4H3. The molecule has 3 heteroatoms. The molecule has 0 saturated carbocycles. The van der Waals surface area contributed by atoms with Gasteiger partial charge in [-0.25, -0.2) is 4.98 Å². The van der Waals surface area contributed by atoms with Gasteiger partial charge in [-0.3, -0.25) is 0 Å². The largest absolute Gasteiger partial charge is 0.330 e. The molecule has 0 bridgehead atoms. The normalized spacial score (nSPS) is 11.8. The van der Waals surface area contributed by atoms with Crippen LogP contribution in [0.4, 0.5) is 0 Å². The molecule has 1 aromatic carbocycles. The van der Waals surface area contributed by atoms with Gasteiger partial charge in [0.15, 0.2) is 0 Å². The number of hydrogen-bond acceptors (Lipinski definition) is 2. The molecule has 2 aromatic rings. The van der Waals surface area contributed by atoms with Gasteiger partial charge in [-0.2, -0.15) is 0 Å². The molecule has 0 atom stereocenters. The van der Waals surface area contributed by atoms with Crippen molar-refractivity contribution in [1.29, 1.82) is 0 Å². The van der Waals surface area contributed by atoms with Crippen LogP contribution in [0.5, 0.6) is 0 Å². The summed E-state index contributed by atoms with van der Waals surface area (Å²) in [6, 6.07) is 8.60. The summed E-state index contributed by atoms with van der Waals surface area (Å²) in [6.07, 6.45) is 1.84. The quantitative estimate of drug-likeness (QED) is 0.881. The monoisotopic (exact) mass is 243 g/mol. The van der Waals surface area contributed by atoms with E-state index in [1.54, 1.807) is 0 Å². The maximum absolute atomic E-state index is 5.66. The van der Waals surface area contributed by atoms with E-state index in [1.165, 1.54) is 5.56 Å². The first-order chi connectivity index (χ1) is 8.43. The molecule has 0 fully saturated rings. The topological polar surface area (TPSA) is 43.8 Å². The first-order valence-electron chi connectivity index (χ1n) is 6.25. The third-order valence-electron chi connectivity index (χ3n) is 3.30. The summed E-state index contributed by atoms with van der Waals surface area (Å²) in [7, 11) is 2.00. The lowest BCUT2D eigenvalue weighted by Crippen LogP contribution is -2.10. The van der Waals surface area contributed by atoms with E-state index in [9.17, 15) is 0 Å². The molecule has 0 unspecified atom stereocenters. The van der Waals surface area contributed by atoms with Crippen molar-refractivity contribution in [2.45, 2.75) is 32.7 Å². The second-order valence-electron chi connectivity index (χ2n) is 5.66. The Labute approximate surface area is 109 Å². The second-order valence-corrected chi connectivity index (χ2v) is 5.66. The van der Waals surface area contributed by atoms with Crippen molar-refractivity contribution in [2.24, 2.45) is 12.8 Å². The highest BCUT2D eigenvalue weighted by Crippen LogP contribution is 2.25. The van der Waals surface area contributed by atoms with Crippen LogP contribution in [0.3, 0.4) is 0 Å². The first-order valence-corrected chi connectivity index (χ1v) is 6.25. The average Bonchev–Trinajstić information content (AvgIpc) is 2.69. The van der Waals surface area contributed by atoms with Gasteiger partial charge in [-0.15, -0.1) is 0 Å². The molecule has 3 nitrogen and oxygen atoms in total. The Balaban J connectivity index is 2.37. The Morgan fingerprint density at radius 1 is 1.17 bits per heavy atom. The molecule has 1 aromatic heterocycles. The van der Waals surface area contributed by atoms with Gasteiger partial charge in [0, 0.05) is 19.2 Å². The second kappa shape index (κ2) is 4.58. The lowest BCUT2D eigenvalue weighted by atomic mass is 9.87. The van der Waals surface area contributed by atoms with Gasteiger partial charge in [0.05, 0.1) is 11.9 Å². The molecule has 0 saturated heterocycles. The first kappa shape index (κ1) is 12.8. The number of aromatic nitrogens is 2. The van der Waals surface area contributed by atoms with Gasteiger partial charge in [-0.05, 0) is 11.0 Å². The minimum Gasteiger partial charge on any atom is -0.330 e. The minimum absolute atomic E-state index is 0.183. The van der Waals surface area contributed by atoms with Crippen molar-refractivity contribution >= 4 is 0 Å². The smallest absolute Gasteiger partial charge is 0.139 e. The van der Waals surface area contributed by atoms with E-state index in [4.69, 9.17) is 5.73 Å². The molecule has 18 heavy (non-hydrogen) atoms. The fourth-order valence-electron chi connectivity index (χ4n) is 2.02. The van der Waals surface area contributed by atoms with Gasteiger partial charge in [0.2, 0.25) is 0 Å². The zero-order chi connectivity index (χ0) is 13.3. The minimum atomic E-state index is 0.183. The van der Waals surface area contributed by atoms with Crippen molar-refractivity contribution in [2.75, 3.05) is 0 Å². The van der Waals surface area contributed by atoms with E-state index in [1.807, 2.05) is 17.8 Å². The highest BCUT2D eigenvalue weighted by Gasteiger charge is 2.14. The van der Waals surface area contributed by atoms with Crippen molar-refractivity contribution in [1.82, 2.24) is 9.55 Å². The van der Waals surface area contributed by atoms with E-state index in [0.29, 0.717) is 6.54 Å². The predicted molar refractivity (Wildman–Crippen MR) is 75.2 cm³/mol. The van der Waals surface area contributed by atoms with Gasteiger partial charge in [-0.1, -0.05) is 45.0 Å². The van der Waals surface area contributed by atoms with Crippen LogP contribution in [0.15, 0.2) is 30.5 Å². The summed E-state index contributed by atoms with van der Waals surface area (Å²) in [5.74, 6) is 0.968. The highest BCUT2D eigenvalue weighted by atomic mass is 15.1. The van der Waals surface area contributed by atoms with Crippen molar-refractivity contribution < 1.29 is 0 Å². The van der Waals surface area contributed by atoms with Gasteiger partial charge in [0.1, 0.15) is 5.82 Å². The Kier molecular flexibility index (Phi) is 3.26. The third-order valence-corrected chi connectivity index (χ3v) is 3.30. The maximum atomic E-state index is 5.66. The Hall–Kier alpha value is -1.61. The lowest BCUT2D eigenvalue weighted by Gasteiger charge is -2.19. The Morgan fingerprint density at radius 2 is 1.78 bits per heavy atom. The van der Waals surface area contributed by atoms with Crippen LogP contribution >= 0.6 is 0 Å². The highest BCUT2D eigenvalue weighted by molar-refractivity contribution is 5.57. The summed E-state index contributed by atoms with van der Waals surface area (Å²) >= 11 is 0. The van der Waals surface area contributed by atoms with Crippen LogP contribution in [-0.4, -0.2) is 9.55 Å². The molecule has 0 spiro atoms. The van der Waals surface area contributed by atoms with Crippen LogP contribution in [0.1, 0.15) is 32.0 Å². The molecular weight excluding hydrogens is 222 g/mol. The van der Waals surface area contributed by atoms with Crippen molar-refractivity contribution in [3.8, 4) is 11.4 Å². The van der Waals surface area contributed by atoms with E-state index in [2.05, 4.69) is 50.0 Å². The van der Waals surface area contributed by atoms with E-state index in [0.717, 1.165) is 17.1 Å². The fourth-order valence-corrected chi connectivity index (χ4v) is 2.02. The predicted octanol–water partition coefficient (Wildman–Crippen LogP) is 2.84. The summed E-state index contributed by atoms with van der Waals surface area (Å²) in [6.45, 7) is 7.17. The molecule has 1 heterocycles. The van der Waals surface area contributed by atoms with Crippen molar-refractivity contribution in [3.63, 3.8) is 0 Å². The fraction of sp³-hybridized carbons (Fsp3) is 0.400. The summed E-state index contributed by atoms with van der Waals surface area (Å²) in [4.78, 5) is 4.43.